The van der Waals surface area contributed by atoms with Crippen molar-refractivity contribution in [3.8, 4) is 0 Å². The molecule has 0 unspecified atom stereocenters. The Kier molecular flexibility index (Phi) is 1.77. The van der Waals surface area contributed by atoms with E-state index in [1.807, 2.05) is 6.26 Å². The third-order valence-corrected chi connectivity index (χ3v) is 2.42. The van der Waals surface area contributed by atoms with E-state index >= 15 is 0 Å². The van der Waals surface area contributed by atoms with Crippen molar-refractivity contribution in [1.82, 2.24) is 9.97 Å². The van der Waals surface area contributed by atoms with Gasteiger partial charge in [-0.1, -0.05) is 0 Å². The van der Waals surface area contributed by atoms with Gasteiger partial charge in [0.2, 0.25) is 0 Å². The first kappa shape index (κ1) is 7.61. The molecule has 2 nitrogen and oxygen atoms in total. The largest absolute Gasteiger partial charge is 0.344 e. The fourth-order valence-corrected chi connectivity index (χ4v) is 1.73. The summed E-state index contributed by atoms with van der Waals surface area (Å²) in [5.74, 6) is -0.226. The topological polar surface area (TPSA) is 28.7 Å². The van der Waals surface area contributed by atoms with Crippen LogP contribution in [0, 0.1) is 5.82 Å². The van der Waals surface area contributed by atoms with Crippen molar-refractivity contribution in [2.75, 3.05) is 6.26 Å². The van der Waals surface area contributed by atoms with Gasteiger partial charge in [0.15, 0.2) is 0 Å². The van der Waals surface area contributed by atoms with Crippen LogP contribution in [0.3, 0.4) is 0 Å². The number of nitrogens with zero attached hydrogens (tertiary/aromatic N) is 1. The van der Waals surface area contributed by atoms with E-state index < -0.39 is 0 Å². The second-order valence-corrected chi connectivity index (χ2v) is 3.25. The van der Waals surface area contributed by atoms with Gasteiger partial charge in [-0.25, -0.2) is 9.37 Å². The maximum atomic E-state index is 12.9. The second kappa shape index (κ2) is 2.79. The molecule has 12 heavy (non-hydrogen) atoms. The number of rotatable bonds is 1. The average Bonchev–Trinajstić information content (AvgIpc) is 2.50. The van der Waals surface area contributed by atoms with Gasteiger partial charge in [0.1, 0.15) is 11.3 Å². The van der Waals surface area contributed by atoms with Crippen LogP contribution < -0.4 is 0 Å². The number of benzene rings is 1. The van der Waals surface area contributed by atoms with E-state index in [-0.39, 0.29) is 5.82 Å². The van der Waals surface area contributed by atoms with Gasteiger partial charge in [-0.05, 0) is 18.4 Å². The number of imidazole rings is 1. The number of aromatic nitrogens is 2. The number of nitrogens with one attached hydrogen (secondary N) is 1. The summed E-state index contributed by atoms with van der Waals surface area (Å²) in [5, 5.41) is 0. The van der Waals surface area contributed by atoms with Crippen LogP contribution in [0.15, 0.2) is 23.4 Å². The fraction of sp³-hybridized carbons (Fsp3) is 0.125. The van der Waals surface area contributed by atoms with Gasteiger partial charge in [-0.3, -0.25) is 0 Å². The predicted octanol–water partition coefficient (Wildman–Crippen LogP) is 2.42. The fourth-order valence-electron chi connectivity index (χ4n) is 1.14. The van der Waals surface area contributed by atoms with Crippen molar-refractivity contribution in [3.63, 3.8) is 0 Å². The summed E-state index contributed by atoms with van der Waals surface area (Å²) < 4.78 is 12.9. The smallest absolute Gasteiger partial charge is 0.126 e. The van der Waals surface area contributed by atoms with Crippen molar-refractivity contribution < 1.29 is 4.39 Å². The third kappa shape index (κ3) is 1.08. The number of fused-ring (bicyclic) bond motifs is 1. The van der Waals surface area contributed by atoms with E-state index in [2.05, 4.69) is 9.97 Å². The lowest BCUT2D eigenvalue weighted by Crippen LogP contribution is -1.79. The molecule has 0 bridgehead atoms. The zero-order valence-corrected chi connectivity index (χ0v) is 7.28. The molecule has 0 amide bonds. The monoisotopic (exact) mass is 182 g/mol. The lowest BCUT2D eigenvalue weighted by molar-refractivity contribution is 0.626. The Morgan fingerprint density at radius 3 is 3.08 bits per heavy atom. The van der Waals surface area contributed by atoms with Crippen molar-refractivity contribution in [2.24, 2.45) is 0 Å². The molecule has 0 aliphatic carbocycles. The first-order valence-electron chi connectivity index (χ1n) is 3.48. The minimum Gasteiger partial charge on any atom is -0.344 e. The summed E-state index contributed by atoms with van der Waals surface area (Å²) >= 11 is 1.49. The molecule has 0 aliphatic heterocycles. The summed E-state index contributed by atoms with van der Waals surface area (Å²) in [4.78, 5) is 7.83. The van der Waals surface area contributed by atoms with Gasteiger partial charge in [0.05, 0.1) is 11.8 Å². The normalized spacial score (nSPS) is 10.8. The Balaban J connectivity index is 2.80. The first-order chi connectivity index (χ1) is 5.81. The SMILES string of the molecule is CSc1cc(F)cc2[nH]cnc12. The highest BCUT2D eigenvalue weighted by atomic mass is 32.2. The molecule has 1 heterocycles. The van der Waals surface area contributed by atoms with Gasteiger partial charge < -0.3 is 4.98 Å². The van der Waals surface area contributed by atoms with Crippen LogP contribution in [-0.4, -0.2) is 16.2 Å². The maximum Gasteiger partial charge on any atom is 0.126 e. The number of aromatic amines is 1. The molecule has 0 radical (unpaired) electrons. The molecular formula is C8H7FN2S. The number of hydrogen-bond acceptors (Lipinski definition) is 2. The van der Waals surface area contributed by atoms with Crippen LogP contribution in [-0.2, 0) is 0 Å². The molecule has 0 saturated carbocycles. The molecular weight excluding hydrogens is 175 g/mol. The van der Waals surface area contributed by atoms with Crippen LogP contribution in [0.4, 0.5) is 4.39 Å². The minimum atomic E-state index is -0.226. The van der Waals surface area contributed by atoms with Crippen molar-refractivity contribution in [3.05, 3.63) is 24.3 Å². The summed E-state index contributed by atoms with van der Waals surface area (Å²) in [7, 11) is 0. The van der Waals surface area contributed by atoms with Crippen molar-refractivity contribution >= 4 is 22.8 Å². The quantitative estimate of drug-likeness (QED) is 0.686. The lowest BCUT2D eigenvalue weighted by Gasteiger charge is -1.97. The molecule has 62 valence electrons. The van der Waals surface area contributed by atoms with Gasteiger partial charge in [-0.15, -0.1) is 11.8 Å². The van der Waals surface area contributed by atoms with Crippen LogP contribution in [0.25, 0.3) is 11.0 Å². The van der Waals surface area contributed by atoms with E-state index in [1.54, 1.807) is 6.33 Å². The Morgan fingerprint density at radius 1 is 1.50 bits per heavy atom. The zero-order valence-electron chi connectivity index (χ0n) is 6.47. The average molecular weight is 182 g/mol. The van der Waals surface area contributed by atoms with Gasteiger partial charge >= 0.3 is 0 Å². The van der Waals surface area contributed by atoms with Gasteiger partial charge in [0, 0.05) is 4.90 Å². The summed E-state index contributed by atoms with van der Waals surface area (Å²) in [5.41, 5.74) is 1.59. The van der Waals surface area contributed by atoms with E-state index in [4.69, 9.17) is 0 Å². The van der Waals surface area contributed by atoms with Crippen molar-refractivity contribution in [2.45, 2.75) is 4.90 Å². The lowest BCUT2D eigenvalue weighted by atomic mass is 10.3. The Bertz CT molecular complexity index is 410. The van der Waals surface area contributed by atoms with Crippen LogP contribution in [0.1, 0.15) is 0 Å². The molecule has 1 aromatic carbocycles. The third-order valence-electron chi connectivity index (χ3n) is 1.67. The Morgan fingerprint density at radius 2 is 2.33 bits per heavy atom. The highest BCUT2D eigenvalue weighted by Gasteiger charge is 2.04. The minimum absolute atomic E-state index is 0.226. The molecule has 0 saturated heterocycles. The number of hydrogen-bond donors (Lipinski definition) is 1. The van der Waals surface area contributed by atoms with Gasteiger partial charge in [0.25, 0.3) is 0 Å². The highest BCUT2D eigenvalue weighted by molar-refractivity contribution is 7.98. The molecule has 1 aromatic heterocycles. The molecule has 0 atom stereocenters. The van der Waals surface area contributed by atoms with E-state index in [0.29, 0.717) is 0 Å². The Hall–Kier alpha value is -1.03. The molecule has 1 N–H and O–H groups in total. The maximum absolute atomic E-state index is 12.9. The highest BCUT2D eigenvalue weighted by Crippen LogP contribution is 2.24. The second-order valence-electron chi connectivity index (χ2n) is 2.41. The molecule has 0 fully saturated rings. The van der Waals surface area contributed by atoms with Crippen molar-refractivity contribution in [1.29, 1.82) is 0 Å². The molecule has 4 heteroatoms. The number of H-pyrrole nitrogens is 1. The summed E-state index contributed by atoms with van der Waals surface area (Å²) in [6, 6.07) is 2.94. The molecule has 0 aliphatic rings. The Labute approximate surface area is 73.2 Å². The van der Waals surface area contributed by atoms with Gasteiger partial charge in [-0.2, -0.15) is 0 Å². The zero-order chi connectivity index (χ0) is 8.55. The summed E-state index contributed by atoms with van der Waals surface area (Å²) in [6.07, 6.45) is 3.48. The molecule has 0 spiro atoms. The predicted molar refractivity (Wildman–Crippen MR) is 47.8 cm³/mol. The van der Waals surface area contributed by atoms with E-state index in [9.17, 15) is 4.39 Å². The standard InChI is InChI=1S/C8H7FN2S/c1-12-7-3-5(9)2-6-8(7)11-4-10-6/h2-4H,1H3,(H,10,11). The molecule has 2 aromatic rings. The van der Waals surface area contributed by atoms with E-state index in [1.165, 1.54) is 23.9 Å². The number of thioether (sulfide) groups is 1. The molecule has 2 rings (SSSR count). The van der Waals surface area contributed by atoms with Crippen LogP contribution in [0.2, 0.25) is 0 Å². The van der Waals surface area contributed by atoms with Crippen LogP contribution in [0.5, 0.6) is 0 Å². The van der Waals surface area contributed by atoms with E-state index in [0.717, 1.165) is 15.9 Å². The van der Waals surface area contributed by atoms with Crippen LogP contribution >= 0.6 is 11.8 Å². The summed E-state index contributed by atoms with van der Waals surface area (Å²) in [6.45, 7) is 0. The first-order valence-corrected chi connectivity index (χ1v) is 4.70. The number of halogens is 1.